The quantitative estimate of drug-likeness (QED) is 0.671. The summed E-state index contributed by atoms with van der Waals surface area (Å²) in [6, 6.07) is 12.2. The monoisotopic (exact) mass is 227 g/mol. The van der Waals surface area contributed by atoms with Crippen molar-refractivity contribution in [2.24, 2.45) is 0 Å². The summed E-state index contributed by atoms with van der Waals surface area (Å²) in [6.07, 6.45) is 0. The summed E-state index contributed by atoms with van der Waals surface area (Å²) < 4.78 is 13.1. The maximum absolute atomic E-state index is 13.1. The van der Waals surface area contributed by atoms with Crippen LogP contribution in [0, 0.1) is 5.82 Å². The second kappa shape index (κ2) is 3.59. The zero-order valence-corrected chi connectivity index (χ0v) is 8.94. The van der Waals surface area contributed by atoms with Crippen molar-refractivity contribution in [1.82, 2.24) is 10.2 Å². The lowest BCUT2D eigenvalue weighted by atomic mass is 10.0. The van der Waals surface area contributed by atoms with Gasteiger partial charge >= 0.3 is 0 Å². The minimum Gasteiger partial charge on any atom is -0.382 e. The van der Waals surface area contributed by atoms with E-state index in [1.807, 2.05) is 24.3 Å². The maximum Gasteiger partial charge on any atom is 0.153 e. The number of hydrogen-bond acceptors (Lipinski definition) is 2. The largest absolute Gasteiger partial charge is 0.382 e. The van der Waals surface area contributed by atoms with Gasteiger partial charge < -0.3 is 5.73 Å². The van der Waals surface area contributed by atoms with Crippen molar-refractivity contribution >= 4 is 16.7 Å². The number of fused-ring (bicyclic) bond motifs is 1. The molecule has 0 saturated heterocycles. The highest BCUT2D eigenvalue weighted by Crippen LogP contribution is 2.26. The standard InChI is InChI=1S/C13H10FN3/c14-10-3-1-2-8(6-10)9-4-5-11-12(7-9)16-17-13(11)15/h1-7H,(H3,15,16,17). The summed E-state index contributed by atoms with van der Waals surface area (Å²) in [5.74, 6) is 0.234. The molecule has 0 radical (unpaired) electrons. The highest BCUT2D eigenvalue weighted by Gasteiger charge is 2.04. The third-order valence-electron chi connectivity index (χ3n) is 2.75. The zero-order chi connectivity index (χ0) is 11.8. The van der Waals surface area contributed by atoms with Crippen LogP contribution >= 0.6 is 0 Å². The van der Waals surface area contributed by atoms with Gasteiger partial charge in [-0.2, -0.15) is 5.10 Å². The molecule has 0 atom stereocenters. The molecule has 2 aromatic carbocycles. The fourth-order valence-electron chi connectivity index (χ4n) is 1.89. The molecule has 17 heavy (non-hydrogen) atoms. The van der Waals surface area contributed by atoms with Gasteiger partial charge in [0.15, 0.2) is 5.82 Å². The summed E-state index contributed by atoms with van der Waals surface area (Å²) in [5.41, 5.74) is 8.30. The summed E-state index contributed by atoms with van der Waals surface area (Å²) in [7, 11) is 0. The first-order valence-electron chi connectivity index (χ1n) is 5.23. The Labute approximate surface area is 97.1 Å². The van der Waals surface area contributed by atoms with Gasteiger partial charge in [0.25, 0.3) is 0 Å². The molecule has 4 heteroatoms. The molecule has 0 bridgehead atoms. The number of nitrogen functional groups attached to an aromatic ring is 1. The Morgan fingerprint density at radius 1 is 1.06 bits per heavy atom. The van der Waals surface area contributed by atoms with Crippen LogP contribution in [-0.4, -0.2) is 10.2 Å². The molecule has 3 aromatic rings. The van der Waals surface area contributed by atoms with E-state index in [2.05, 4.69) is 10.2 Å². The number of nitrogens with one attached hydrogen (secondary N) is 1. The average molecular weight is 227 g/mol. The predicted molar refractivity (Wildman–Crippen MR) is 65.9 cm³/mol. The van der Waals surface area contributed by atoms with Gasteiger partial charge in [-0.05, 0) is 35.4 Å². The van der Waals surface area contributed by atoms with Crippen LogP contribution in [0.5, 0.6) is 0 Å². The van der Waals surface area contributed by atoms with E-state index < -0.39 is 0 Å². The molecule has 3 nitrogen and oxygen atoms in total. The number of hydrogen-bond donors (Lipinski definition) is 2. The molecule has 0 fully saturated rings. The van der Waals surface area contributed by atoms with Gasteiger partial charge in [-0.3, -0.25) is 5.10 Å². The van der Waals surface area contributed by atoms with Crippen LogP contribution in [-0.2, 0) is 0 Å². The van der Waals surface area contributed by atoms with Gasteiger partial charge in [-0.1, -0.05) is 18.2 Å². The zero-order valence-electron chi connectivity index (χ0n) is 8.94. The normalized spacial score (nSPS) is 10.9. The van der Waals surface area contributed by atoms with Crippen molar-refractivity contribution in [2.75, 3.05) is 5.73 Å². The van der Waals surface area contributed by atoms with Crippen LogP contribution in [0.3, 0.4) is 0 Å². The van der Waals surface area contributed by atoms with Crippen LogP contribution in [0.4, 0.5) is 10.2 Å². The minimum atomic E-state index is -0.244. The lowest BCUT2D eigenvalue weighted by Gasteiger charge is -2.01. The fraction of sp³-hybridized carbons (Fsp3) is 0. The number of rotatable bonds is 1. The SMILES string of the molecule is Nc1n[nH]c2cc(-c3cccc(F)c3)ccc12. The van der Waals surface area contributed by atoms with Crippen LogP contribution in [0.25, 0.3) is 22.0 Å². The van der Waals surface area contributed by atoms with Crippen LogP contribution < -0.4 is 5.73 Å². The van der Waals surface area contributed by atoms with E-state index in [1.165, 1.54) is 12.1 Å². The van der Waals surface area contributed by atoms with Gasteiger partial charge in [0.05, 0.1) is 5.52 Å². The molecule has 0 saturated carbocycles. The molecule has 1 heterocycles. The third kappa shape index (κ3) is 1.63. The first-order chi connectivity index (χ1) is 8.24. The molecule has 84 valence electrons. The number of nitrogens with zero attached hydrogens (tertiary/aromatic N) is 1. The molecule has 3 N–H and O–H groups in total. The molecule has 3 rings (SSSR count). The van der Waals surface area contributed by atoms with Crippen LogP contribution in [0.1, 0.15) is 0 Å². The van der Waals surface area contributed by atoms with E-state index in [-0.39, 0.29) is 5.82 Å². The molecule has 1 aromatic heterocycles. The summed E-state index contributed by atoms with van der Waals surface area (Å²) in [6.45, 7) is 0. The van der Waals surface area contributed by atoms with Gasteiger partial charge in [-0.25, -0.2) is 4.39 Å². The van der Waals surface area contributed by atoms with Crippen molar-refractivity contribution in [3.63, 3.8) is 0 Å². The molecular formula is C13H10FN3. The lowest BCUT2D eigenvalue weighted by molar-refractivity contribution is 0.628. The Bertz CT molecular complexity index is 688. The number of aromatic nitrogens is 2. The van der Waals surface area contributed by atoms with Gasteiger partial charge in [0, 0.05) is 5.39 Å². The maximum atomic E-state index is 13.1. The van der Waals surface area contributed by atoms with Gasteiger partial charge in [-0.15, -0.1) is 0 Å². The Balaban J connectivity index is 2.18. The second-order valence-corrected chi connectivity index (χ2v) is 3.88. The Kier molecular flexibility index (Phi) is 2.08. The highest BCUT2D eigenvalue weighted by molar-refractivity contribution is 5.91. The van der Waals surface area contributed by atoms with E-state index in [1.54, 1.807) is 6.07 Å². The molecule has 0 amide bonds. The molecule has 0 spiro atoms. The average Bonchev–Trinajstić information content (AvgIpc) is 2.71. The number of H-pyrrole nitrogens is 1. The Morgan fingerprint density at radius 2 is 1.88 bits per heavy atom. The van der Waals surface area contributed by atoms with Gasteiger partial charge in [0.2, 0.25) is 0 Å². The molecular weight excluding hydrogens is 217 g/mol. The van der Waals surface area contributed by atoms with E-state index in [0.717, 1.165) is 22.0 Å². The third-order valence-corrected chi connectivity index (χ3v) is 2.75. The number of nitrogens with two attached hydrogens (primary N) is 1. The van der Waals surface area contributed by atoms with Crippen LogP contribution in [0.15, 0.2) is 42.5 Å². The summed E-state index contributed by atoms with van der Waals surface area (Å²) in [4.78, 5) is 0. The van der Waals surface area contributed by atoms with Crippen molar-refractivity contribution in [1.29, 1.82) is 0 Å². The second-order valence-electron chi connectivity index (χ2n) is 3.88. The molecule has 0 unspecified atom stereocenters. The Morgan fingerprint density at radius 3 is 2.71 bits per heavy atom. The number of anilines is 1. The van der Waals surface area contributed by atoms with Crippen LogP contribution in [0.2, 0.25) is 0 Å². The Hall–Kier alpha value is -2.36. The van der Waals surface area contributed by atoms with E-state index in [9.17, 15) is 4.39 Å². The van der Waals surface area contributed by atoms with Crippen molar-refractivity contribution in [3.8, 4) is 11.1 Å². The van der Waals surface area contributed by atoms with E-state index >= 15 is 0 Å². The lowest BCUT2D eigenvalue weighted by Crippen LogP contribution is -1.83. The van der Waals surface area contributed by atoms with E-state index in [0.29, 0.717) is 5.82 Å². The fourth-order valence-corrected chi connectivity index (χ4v) is 1.89. The van der Waals surface area contributed by atoms with E-state index in [4.69, 9.17) is 5.73 Å². The summed E-state index contributed by atoms with van der Waals surface area (Å²) in [5, 5.41) is 7.65. The number of aromatic amines is 1. The molecule has 0 aliphatic rings. The smallest absolute Gasteiger partial charge is 0.153 e. The van der Waals surface area contributed by atoms with Crippen molar-refractivity contribution < 1.29 is 4.39 Å². The molecule has 0 aliphatic heterocycles. The first kappa shape index (κ1) is 9.84. The first-order valence-corrected chi connectivity index (χ1v) is 5.23. The number of halogens is 1. The minimum absolute atomic E-state index is 0.244. The molecule has 0 aliphatic carbocycles. The number of benzene rings is 2. The highest BCUT2D eigenvalue weighted by atomic mass is 19.1. The predicted octanol–water partition coefficient (Wildman–Crippen LogP) is 2.95. The van der Waals surface area contributed by atoms with Crippen molar-refractivity contribution in [2.45, 2.75) is 0 Å². The van der Waals surface area contributed by atoms with Crippen molar-refractivity contribution in [3.05, 3.63) is 48.3 Å². The van der Waals surface area contributed by atoms with Gasteiger partial charge in [0.1, 0.15) is 5.82 Å². The topological polar surface area (TPSA) is 54.7 Å². The summed E-state index contributed by atoms with van der Waals surface area (Å²) >= 11 is 0.